The summed E-state index contributed by atoms with van der Waals surface area (Å²) in [5.41, 5.74) is 0.742. The van der Waals surface area contributed by atoms with Gasteiger partial charge in [0, 0.05) is 31.3 Å². The van der Waals surface area contributed by atoms with Crippen molar-refractivity contribution in [3.8, 4) is 17.2 Å². The van der Waals surface area contributed by atoms with Crippen LogP contribution in [0.2, 0.25) is 10.0 Å². The molecule has 2 aromatic carbocycles. The van der Waals surface area contributed by atoms with Crippen LogP contribution in [0.3, 0.4) is 0 Å². The summed E-state index contributed by atoms with van der Waals surface area (Å²) in [7, 11) is 3.05. The third-order valence-corrected chi connectivity index (χ3v) is 5.48. The first-order chi connectivity index (χ1) is 15.3. The van der Waals surface area contributed by atoms with Gasteiger partial charge in [-0.05, 0) is 31.0 Å². The van der Waals surface area contributed by atoms with Crippen molar-refractivity contribution in [1.82, 2.24) is 10.2 Å². The summed E-state index contributed by atoms with van der Waals surface area (Å²) in [5.74, 6) is 0.867. The van der Waals surface area contributed by atoms with Crippen LogP contribution < -0.4 is 19.5 Å². The van der Waals surface area contributed by atoms with Gasteiger partial charge in [0.2, 0.25) is 5.91 Å². The molecular formula is C23H28Cl2N2O5. The first-order valence-electron chi connectivity index (χ1n) is 10.2. The molecule has 0 aliphatic heterocycles. The van der Waals surface area contributed by atoms with Gasteiger partial charge in [-0.2, -0.15) is 0 Å². The summed E-state index contributed by atoms with van der Waals surface area (Å²) in [6, 6.07) is 9.38. The van der Waals surface area contributed by atoms with Crippen LogP contribution in [-0.4, -0.2) is 50.1 Å². The maximum absolute atomic E-state index is 13.1. The lowest BCUT2D eigenvalue weighted by atomic mass is 10.1. The minimum atomic E-state index is -0.716. The Morgan fingerprint density at radius 1 is 1.00 bits per heavy atom. The van der Waals surface area contributed by atoms with Crippen molar-refractivity contribution in [3.05, 3.63) is 52.0 Å². The van der Waals surface area contributed by atoms with Crippen LogP contribution >= 0.6 is 23.2 Å². The maximum atomic E-state index is 13.1. The fourth-order valence-corrected chi connectivity index (χ4v) is 3.23. The van der Waals surface area contributed by atoms with Gasteiger partial charge in [0.15, 0.2) is 6.61 Å². The zero-order valence-electron chi connectivity index (χ0n) is 18.6. The number of ether oxygens (including phenoxy) is 3. The number of benzene rings is 2. The first kappa shape index (κ1) is 25.6. The highest BCUT2D eigenvalue weighted by molar-refractivity contribution is 6.42. The van der Waals surface area contributed by atoms with Crippen LogP contribution in [0.25, 0.3) is 0 Å². The maximum Gasteiger partial charge on any atom is 0.261 e. The second kappa shape index (κ2) is 12.4. The highest BCUT2D eigenvalue weighted by atomic mass is 35.5. The average molecular weight is 483 g/mol. The largest absolute Gasteiger partial charge is 0.496 e. The third-order valence-electron chi connectivity index (χ3n) is 4.74. The van der Waals surface area contributed by atoms with Crippen molar-refractivity contribution >= 4 is 35.0 Å². The first-order valence-corrected chi connectivity index (χ1v) is 10.9. The molecule has 1 N–H and O–H groups in total. The summed E-state index contributed by atoms with van der Waals surface area (Å²) < 4.78 is 16.1. The lowest BCUT2D eigenvalue weighted by Gasteiger charge is -2.29. The highest BCUT2D eigenvalue weighted by Crippen LogP contribution is 2.28. The van der Waals surface area contributed by atoms with E-state index in [1.165, 1.54) is 19.1 Å². The molecule has 32 heavy (non-hydrogen) atoms. The number of carbonyl (C=O) groups is 2. The molecule has 0 heterocycles. The summed E-state index contributed by atoms with van der Waals surface area (Å²) in [6.07, 6.45) is 0.792. The van der Waals surface area contributed by atoms with Gasteiger partial charge in [-0.3, -0.25) is 9.59 Å². The normalized spacial score (nSPS) is 11.4. The number of nitrogens with zero attached hydrogens (tertiary/aromatic N) is 1. The fraction of sp³-hybridized carbons (Fsp3) is 0.391. The summed E-state index contributed by atoms with van der Waals surface area (Å²) >= 11 is 12.1. The Labute approximate surface area is 198 Å². The number of methoxy groups -OCH3 is 2. The summed E-state index contributed by atoms with van der Waals surface area (Å²) in [6.45, 7) is 4.05. The van der Waals surface area contributed by atoms with Crippen molar-refractivity contribution in [3.63, 3.8) is 0 Å². The standard InChI is InChI=1S/C23H28Cl2N2O5/c1-5-8-26-23(29)15(2)27(13-16-6-7-20(24)21(25)9-16)22(28)14-32-19-11-17(30-3)10-18(12-19)31-4/h6-7,9-12,15H,5,8,13-14H2,1-4H3,(H,26,29). The quantitative estimate of drug-likeness (QED) is 0.515. The van der Waals surface area contributed by atoms with E-state index < -0.39 is 6.04 Å². The molecule has 1 atom stereocenters. The van der Waals surface area contributed by atoms with Crippen LogP contribution in [0.1, 0.15) is 25.8 Å². The van der Waals surface area contributed by atoms with E-state index in [0.717, 1.165) is 12.0 Å². The van der Waals surface area contributed by atoms with Gasteiger partial charge < -0.3 is 24.4 Å². The van der Waals surface area contributed by atoms with Crippen molar-refractivity contribution < 1.29 is 23.8 Å². The Kier molecular flexibility index (Phi) is 9.94. The molecule has 7 nitrogen and oxygen atoms in total. The van der Waals surface area contributed by atoms with Gasteiger partial charge in [-0.1, -0.05) is 36.2 Å². The van der Waals surface area contributed by atoms with E-state index in [4.69, 9.17) is 37.4 Å². The Balaban J connectivity index is 2.20. The SMILES string of the molecule is CCCNC(=O)C(C)N(Cc1ccc(Cl)c(Cl)c1)C(=O)COc1cc(OC)cc(OC)c1. The van der Waals surface area contributed by atoms with E-state index in [1.54, 1.807) is 43.3 Å². The number of nitrogens with one attached hydrogen (secondary N) is 1. The molecule has 0 aromatic heterocycles. The Morgan fingerprint density at radius 2 is 1.62 bits per heavy atom. The van der Waals surface area contributed by atoms with Gasteiger partial charge in [-0.25, -0.2) is 0 Å². The van der Waals surface area contributed by atoms with E-state index in [9.17, 15) is 9.59 Å². The Bertz CT molecular complexity index is 916. The second-order valence-electron chi connectivity index (χ2n) is 7.07. The molecule has 0 fully saturated rings. The van der Waals surface area contributed by atoms with Crippen molar-refractivity contribution in [2.24, 2.45) is 0 Å². The number of hydrogen-bond donors (Lipinski definition) is 1. The van der Waals surface area contributed by atoms with Crippen LogP contribution in [0, 0.1) is 0 Å². The van der Waals surface area contributed by atoms with Crippen LogP contribution in [-0.2, 0) is 16.1 Å². The van der Waals surface area contributed by atoms with Crippen molar-refractivity contribution in [1.29, 1.82) is 0 Å². The molecule has 0 saturated heterocycles. The molecule has 2 amide bonds. The Morgan fingerprint density at radius 3 is 2.19 bits per heavy atom. The molecule has 174 valence electrons. The lowest BCUT2D eigenvalue weighted by Crippen LogP contribution is -2.49. The molecule has 1 unspecified atom stereocenters. The number of amides is 2. The smallest absolute Gasteiger partial charge is 0.261 e. The fourth-order valence-electron chi connectivity index (χ4n) is 2.91. The van der Waals surface area contributed by atoms with E-state index in [1.807, 2.05) is 6.92 Å². The molecule has 0 aliphatic carbocycles. The van der Waals surface area contributed by atoms with Gasteiger partial charge in [0.25, 0.3) is 5.91 Å². The van der Waals surface area contributed by atoms with E-state index in [-0.39, 0.29) is 25.0 Å². The average Bonchev–Trinajstić information content (AvgIpc) is 2.80. The molecule has 0 spiro atoms. The van der Waals surface area contributed by atoms with Crippen LogP contribution in [0.15, 0.2) is 36.4 Å². The molecule has 2 rings (SSSR count). The van der Waals surface area contributed by atoms with E-state index in [0.29, 0.717) is 33.8 Å². The van der Waals surface area contributed by atoms with Gasteiger partial charge in [0.1, 0.15) is 23.3 Å². The highest BCUT2D eigenvalue weighted by Gasteiger charge is 2.26. The van der Waals surface area contributed by atoms with E-state index in [2.05, 4.69) is 5.32 Å². The lowest BCUT2D eigenvalue weighted by molar-refractivity contribution is -0.142. The number of carbonyl (C=O) groups excluding carboxylic acids is 2. The Hall–Kier alpha value is -2.64. The second-order valence-corrected chi connectivity index (χ2v) is 7.89. The summed E-state index contributed by atoms with van der Waals surface area (Å²) in [5, 5.41) is 3.61. The van der Waals surface area contributed by atoms with Crippen LogP contribution in [0.5, 0.6) is 17.2 Å². The zero-order valence-corrected chi connectivity index (χ0v) is 20.1. The van der Waals surface area contributed by atoms with Gasteiger partial charge in [-0.15, -0.1) is 0 Å². The topological polar surface area (TPSA) is 77.1 Å². The predicted molar refractivity (Wildman–Crippen MR) is 125 cm³/mol. The number of halogens is 2. The van der Waals surface area contributed by atoms with Crippen molar-refractivity contribution in [2.75, 3.05) is 27.4 Å². The molecule has 0 saturated carbocycles. The molecule has 9 heteroatoms. The molecule has 0 bridgehead atoms. The molecule has 0 radical (unpaired) electrons. The minimum absolute atomic E-state index is 0.168. The molecular weight excluding hydrogens is 455 g/mol. The monoisotopic (exact) mass is 482 g/mol. The van der Waals surface area contributed by atoms with Crippen LogP contribution in [0.4, 0.5) is 0 Å². The number of rotatable bonds is 11. The van der Waals surface area contributed by atoms with Crippen molar-refractivity contribution in [2.45, 2.75) is 32.9 Å². The summed E-state index contributed by atoms with van der Waals surface area (Å²) in [4.78, 5) is 27.1. The zero-order chi connectivity index (χ0) is 23.7. The van der Waals surface area contributed by atoms with E-state index >= 15 is 0 Å². The predicted octanol–water partition coefficient (Wildman–Crippen LogP) is 4.33. The van der Waals surface area contributed by atoms with Gasteiger partial charge in [0.05, 0.1) is 24.3 Å². The molecule has 2 aromatic rings. The third kappa shape index (κ3) is 7.21. The minimum Gasteiger partial charge on any atom is -0.496 e. The molecule has 0 aliphatic rings. The number of hydrogen-bond acceptors (Lipinski definition) is 5. The van der Waals surface area contributed by atoms with Gasteiger partial charge >= 0.3 is 0 Å².